The molecule has 2 N–H and O–H groups in total. The molecular formula is C16H15Br3O2. The van der Waals surface area contributed by atoms with Crippen LogP contribution in [0, 0.1) is 27.7 Å². The van der Waals surface area contributed by atoms with Crippen molar-refractivity contribution in [3.05, 3.63) is 41.7 Å². The molecule has 0 bridgehead atoms. The van der Waals surface area contributed by atoms with E-state index in [-0.39, 0.29) is 11.5 Å². The topological polar surface area (TPSA) is 40.5 Å². The first kappa shape index (κ1) is 16.8. The van der Waals surface area contributed by atoms with Gasteiger partial charge in [-0.2, -0.15) is 0 Å². The number of hydrogen-bond acceptors (Lipinski definition) is 2. The maximum absolute atomic E-state index is 10.4. The van der Waals surface area contributed by atoms with Crippen LogP contribution in [0.4, 0.5) is 0 Å². The Bertz CT molecular complexity index is 723. The second kappa shape index (κ2) is 5.94. The number of aromatic hydroxyl groups is 2. The smallest absolute Gasteiger partial charge is 0.173 e. The van der Waals surface area contributed by atoms with Crippen LogP contribution in [-0.4, -0.2) is 10.2 Å². The normalized spacial score (nSPS) is 11.0. The summed E-state index contributed by atoms with van der Waals surface area (Å²) >= 11 is 10.2. The number of phenolic OH excluding ortho intramolecular Hbond substituents is 2. The first-order valence-electron chi connectivity index (χ1n) is 6.34. The molecule has 0 aliphatic heterocycles. The van der Waals surface area contributed by atoms with Crippen LogP contribution in [0.2, 0.25) is 0 Å². The molecule has 0 saturated carbocycles. The highest BCUT2D eigenvalue weighted by Gasteiger charge is 2.23. The highest BCUT2D eigenvalue weighted by Crippen LogP contribution is 2.51. The van der Waals surface area contributed by atoms with E-state index in [9.17, 15) is 10.2 Å². The van der Waals surface area contributed by atoms with Gasteiger partial charge in [0.1, 0.15) is 0 Å². The Morgan fingerprint density at radius 2 is 1.29 bits per heavy atom. The zero-order chi connectivity index (χ0) is 16.1. The molecule has 0 atom stereocenters. The van der Waals surface area contributed by atoms with Crippen molar-refractivity contribution in [2.45, 2.75) is 27.7 Å². The lowest BCUT2D eigenvalue weighted by Gasteiger charge is -2.18. The molecule has 0 aromatic heterocycles. The van der Waals surface area contributed by atoms with Crippen LogP contribution in [0.25, 0.3) is 11.1 Å². The van der Waals surface area contributed by atoms with Crippen LogP contribution in [0.3, 0.4) is 0 Å². The van der Waals surface area contributed by atoms with E-state index in [2.05, 4.69) is 61.6 Å². The Kier molecular flexibility index (Phi) is 4.76. The van der Waals surface area contributed by atoms with Gasteiger partial charge in [0, 0.05) is 10.0 Å². The third-order valence-electron chi connectivity index (χ3n) is 4.02. The Balaban J connectivity index is 2.93. The number of hydrogen-bond donors (Lipinski definition) is 2. The van der Waals surface area contributed by atoms with E-state index in [0.717, 1.165) is 16.7 Å². The first-order valence-corrected chi connectivity index (χ1v) is 8.72. The molecule has 0 aliphatic rings. The minimum absolute atomic E-state index is 0.136. The summed E-state index contributed by atoms with van der Waals surface area (Å²) in [5, 5.41) is 20.5. The zero-order valence-electron chi connectivity index (χ0n) is 12.1. The largest absolute Gasteiger partial charge is 0.504 e. The molecule has 0 unspecified atom stereocenters. The van der Waals surface area contributed by atoms with E-state index in [0.29, 0.717) is 19.0 Å². The Morgan fingerprint density at radius 3 is 1.86 bits per heavy atom. The predicted octanol–water partition coefficient (Wildman–Crippen LogP) is 6.29. The minimum Gasteiger partial charge on any atom is -0.504 e. The summed E-state index contributed by atoms with van der Waals surface area (Å²) in [5.41, 5.74) is 6.16. The quantitative estimate of drug-likeness (QED) is 0.373. The van der Waals surface area contributed by atoms with Crippen molar-refractivity contribution in [3.63, 3.8) is 0 Å². The lowest BCUT2D eigenvalue weighted by Crippen LogP contribution is -1.96. The summed E-state index contributed by atoms with van der Waals surface area (Å²) in [7, 11) is 0. The Morgan fingerprint density at radius 1 is 0.714 bits per heavy atom. The van der Waals surface area contributed by atoms with Crippen molar-refractivity contribution in [2.24, 2.45) is 0 Å². The maximum atomic E-state index is 10.4. The van der Waals surface area contributed by atoms with Crippen LogP contribution in [0.5, 0.6) is 11.5 Å². The Hall–Kier alpha value is -0.520. The summed E-state index contributed by atoms with van der Waals surface area (Å²) in [5.74, 6) is -0.307. The molecule has 2 rings (SSSR count). The third kappa shape index (κ3) is 2.64. The van der Waals surface area contributed by atoms with Gasteiger partial charge >= 0.3 is 0 Å². The van der Waals surface area contributed by atoms with Gasteiger partial charge in [0.05, 0.1) is 8.95 Å². The molecule has 2 aromatic rings. The van der Waals surface area contributed by atoms with E-state index < -0.39 is 0 Å². The van der Waals surface area contributed by atoms with Crippen molar-refractivity contribution in [3.8, 4) is 22.6 Å². The number of benzene rings is 2. The highest BCUT2D eigenvalue weighted by molar-refractivity contribution is 9.14. The average Bonchev–Trinajstić information content (AvgIpc) is 2.46. The molecule has 2 aromatic carbocycles. The summed E-state index contributed by atoms with van der Waals surface area (Å²) in [6.45, 7) is 8.23. The first-order chi connectivity index (χ1) is 9.68. The maximum Gasteiger partial charge on any atom is 0.173 e. The lowest BCUT2D eigenvalue weighted by atomic mass is 9.90. The molecule has 0 spiro atoms. The van der Waals surface area contributed by atoms with Crippen molar-refractivity contribution < 1.29 is 10.2 Å². The summed E-state index contributed by atoms with van der Waals surface area (Å²) in [4.78, 5) is 0. The molecule has 5 heteroatoms. The van der Waals surface area contributed by atoms with Gasteiger partial charge in [0.15, 0.2) is 11.5 Å². The van der Waals surface area contributed by atoms with Gasteiger partial charge < -0.3 is 10.2 Å². The fraction of sp³-hybridized carbons (Fsp3) is 0.250. The second-order valence-corrected chi connectivity index (χ2v) is 7.51. The van der Waals surface area contributed by atoms with E-state index >= 15 is 0 Å². The molecule has 0 heterocycles. The SMILES string of the molecule is Cc1cc(-c2c(O)c(O)c(Br)c(Br)c2Br)c(C)c(C)c1C. The molecule has 2 nitrogen and oxygen atoms in total. The van der Waals surface area contributed by atoms with Crippen molar-refractivity contribution >= 4 is 47.8 Å². The molecule has 0 fully saturated rings. The second-order valence-electron chi connectivity index (χ2n) is 5.13. The van der Waals surface area contributed by atoms with Gasteiger partial charge in [-0.1, -0.05) is 6.07 Å². The van der Waals surface area contributed by atoms with Gasteiger partial charge in [-0.05, 0) is 103 Å². The van der Waals surface area contributed by atoms with Gasteiger partial charge in [0.2, 0.25) is 0 Å². The number of aryl methyl sites for hydroxylation is 1. The van der Waals surface area contributed by atoms with Crippen LogP contribution in [0.1, 0.15) is 22.3 Å². The highest BCUT2D eigenvalue weighted by atomic mass is 79.9. The molecule has 0 aliphatic carbocycles. The van der Waals surface area contributed by atoms with Crippen LogP contribution in [-0.2, 0) is 0 Å². The van der Waals surface area contributed by atoms with E-state index in [1.807, 2.05) is 19.9 Å². The molecule has 0 amide bonds. The van der Waals surface area contributed by atoms with Crippen LogP contribution in [0.15, 0.2) is 19.5 Å². The Labute approximate surface area is 149 Å². The van der Waals surface area contributed by atoms with Gasteiger partial charge in [-0.3, -0.25) is 0 Å². The number of phenols is 2. The van der Waals surface area contributed by atoms with Gasteiger partial charge in [-0.15, -0.1) is 0 Å². The van der Waals surface area contributed by atoms with Crippen LogP contribution < -0.4 is 0 Å². The fourth-order valence-electron chi connectivity index (χ4n) is 2.35. The molecule has 21 heavy (non-hydrogen) atoms. The average molecular weight is 479 g/mol. The standard InChI is InChI=1S/C16H15Br3O2/c1-6-5-10(9(4)8(3)7(6)2)11-12(17)13(18)14(19)16(21)15(11)20/h5,20-21H,1-4H3. The molecule has 0 radical (unpaired) electrons. The van der Waals surface area contributed by atoms with Crippen molar-refractivity contribution in [1.29, 1.82) is 0 Å². The fourth-order valence-corrected chi connectivity index (χ4v) is 3.99. The van der Waals surface area contributed by atoms with E-state index in [1.165, 1.54) is 11.1 Å². The van der Waals surface area contributed by atoms with Gasteiger partial charge in [-0.25, -0.2) is 0 Å². The van der Waals surface area contributed by atoms with Crippen molar-refractivity contribution in [1.82, 2.24) is 0 Å². The number of halogens is 3. The minimum atomic E-state index is -0.171. The zero-order valence-corrected chi connectivity index (χ0v) is 16.9. The van der Waals surface area contributed by atoms with Gasteiger partial charge in [0.25, 0.3) is 0 Å². The predicted molar refractivity (Wildman–Crippen MR) is 97.3 cm³/mol. The third-order valence-corrected chi connectivity index (χ3v) is 7.45. The molecular weight excluding hydrogens is 464 g/mol. The monoisotopic (exact) mass is 476 g/mol. The van der Waals surface area contributed by atoms with Crippen LogP contribution >= 0.6 is 47.8 Å². The van der Waals surface area contributed by atoms with E-state index in [4.69, 9.17) is 0 Å². The number of rotatable bonds is 1. The lowest BCUT2D eigenvalue weighted by molar-refractivity contribution is 0.402. The summed E-state index contributed by atoms with van der Waals surface area (Å²) < 4.78 is 1.80. The molecule has 112 valence electrons. The summed E-state index contributed by atoms with van der Waals surface area (Å²) in [6.07, 6.45) is 0. The van der Waals surface area contributed by atoms with Crippen molar-refractivity contribution in [2.75, 3.05) is 0 Å². The molecule has 0 saturated heterocycles. The summed E-state index contributed by atoms with van der Waals surface area (Å²) in [6, 6.07) is 2.04. The van der Waals surface area contributed by atoms with E-state index in [1.54, 1.807) is 0 Å².